The standard InChI is InChI=1S/C25H30N2O6/c1-25(2,3)33-24(31)20(9-11-22(26)30)27-12-18-8-10-21(29)23(19(18)13-27)32-15-17-6-4-16(14-28)5-7-17/h4-8,10,12,20,28H,9,11,13-15H2,1-3H3,(H2,26,30). The van der Waals surface area contributed by atoms with E-state index < -0.39 is 23.5 Å². The summed E-state index contributed by atoms with van der Waals surface area (Å²) in [5, 5.41) is 9.18. The van der Waals surface area contributed by atoms with E-state index in [4.69, 9.17) is 15.2 Å². The van der Waals surface area contributed by atoms with Crippen molar-refractivity contribution in [1.29, 1.82) is 0 Å². The maximum absolute atomic E-state index is 12.9. The predicted octanol–water partition coefficient (Wildman–Crippen LogP) is 2.26. The quantitative estimate of drug-likeness (QED) is 0.549. The number of hydrogen-bond acceptors (Lipinski definition) is 7. The van der Waals surface area contributed by atoms with Gasteiger partial charge in [0.1, 0.15) is 18.2 Å². The van der Waals surface area contributed by atoms with Crippen LogP contribution >= 0.6 is 0 Å². The summed E-state index contributed by atoms with van der Waals surface area (Å²) in [7, 11) is 0. The number of allylic oxidation sites excluding steroid dienone is 2. The summed E-state index contributed by atoms with van der Waals surface area (Å²) in [4.78, 5) is 38.6. The lowest BCUT2D eigenvalue weighted by Crippen LogP contribution is -2.42. The highest BCUT2D eigenvalue weighted by atomic mass is 16.6. The molecule has 0 fully saturated rings. The maximum Gasteiger partial charge on any atom is 0.329 e. The number of aliphatic hydroxyl groups excluding tert-OH is 1. The van der Waals surface area contributed by atoms with Crippen LogP contribution in [0, 0.1) is 0 Å². The van der Waals surface area contributed by atoms with E-state index in [0.717, 1.165) is 16.7 Å². The Morgan fingerprint density at radius 1 is 1.15 bits per heavy atom. The van der Waals surface area contributed by atoms with Crippen LogP contribution in [0.25, 0.3) is 0 Å². The molecular formula is C25H30N2O6. The highest BCUT2D eigenvalue weighted by Crippen LogP contribution is 2.32. The highest BCUT2D eigenvalue weighted by Gasteiger charge is 2.35. The van der Waals surface area contributed by atoms with Crippen LogP contribution in [-0.2, 0) is 37.1 Å². The van der Waals surface area contributed by atoms with Crippen LogP contribution in [0.1, 0.15) is 44.7 Å². The van der Waals surface area contributed by atoms with Gasteiger partial charge in [0.05, 0.1) is 6.61 Å². The molecule has 1 aromatic rings. The predicted molar refractivity (Wildman–Crippen MR) is 121 cm³/mol. The van der Waals surface area contributed by atoms with Crippen molar-refractivity contribution in [3.05, 3.63) is 70.6 Å². The molecular weight excluding hydrogens is 424 g/mol. The van der Waals surface area contributed by atoms with Gasteiger partial charge in [0.2, 0.25) is 11.7 Å². The third-order valence-corrected chi connectivity index (χ3v) is 5.24. The number of fused-ring (bicyclic) bond motifs is 1. The Balaban J connectivity index is 1.80. The minimum Gasteiger partial charge on any atom is -0.484 e. The van der Waals surface area contributed by atoms with Gasteiger partial charge in [0.15, 0.2) is 5.76 Å². The van der Waals surface area contributed by atoms with E-state index in [0.29, 0.717) is 5.57 Å². The first-order valence-electron chi connectivity index (χ1n) is 10.8. The zero-order chi connectivity index (χ0) is 24.2. The minimum atomic E-state index is -0.724. The SMILES string of the molecule is CC(C)(C)OC(=O)C(CCC(N)=O)N1C=C2C=CC(=O)C(OCc3ccc(CO)cc3)=C2C1. The fourth-order valence-electron chi connectivity index (χ4n) is 3.64. The molecule has 0 saturated heterocycles. The number of hydrogen-bond donors (Lipinski definition) is 2. The number of aliphatic hydroxyl groups is 1. The van der Waals surface area contributed by atoms with Crippen LogP contribution in [-0.4, -0.2) is 45.9 Å². The lowest BCUT2D eigenvalue weighted by Gasteiger charge is -2.29. The lowest BCUT2D eigenvalue weighted by atomic mass is 10.00. The van der Waals surface area contributed by atoms with Gasteiger partial charge in [-0.1, -0.05) is 24.3 Å². The maximum atomic E-state index is 12.9. The molecule has 1 heterocycles. The molecule has 8 nitrogen and oxygen atoms in total. The van der Waals surface area contributed by atoms with Gasteiger partial charge in [-0.05, 0) is 56.0 Å². The summed E-state index contributed by atoms with van der Waals surface area (Å²) in [6.07, 6.45) is 5.15. The van der Waals surface area contributed by atoms with Crippen molar-refractivity contribution in [1.82, 2.24) is 4.90 Å². The summed E-state index contributed by atoms with van der Waals surface area (Å²) >= 11 is 0. The van der Waals surface area contributed by atoms with Gasteiger partial charge in [-0.15, -0.1) is 0 Å². The molecule has 1 aliphatic carbocycles. The molecule has 3 rings (SSSR count). The fraction of sp³-hybridized carbons (Fsp3) is 0.400. The number of nitrogens with zero attached hydrogens (tertiary/aromatic N) is 1. The van der Waals surface area contributed by atoms with Crippen molar-refractivity contribution in [3.63, 3.8) is 0 Å². The zero-order valence-corrected chi connectivity index (χ0v) is 19.2. The number of carbonyl (C=O) groups is 3. The molecule has 0 spiro atoms. The molecule has 176 valence electrons. The Kier molecular flexibility index (Phi) is 7.38. The highest BCUT2D eigenvalue weighted by molar-refractivity contribution is 6.05. The number of carbonyl (C=O) groups excluding carboxylic acids is 3. The van der Waals surface area contributed by atoms with Crippen LogP contribution in [0.15, 0.2) is 59.5 Å². The average Bonchev–Trinajstić information content (AvgIpc) is 3.16. The van der Waals surface area contributed by atoms with Gasteiger partial charge in [-0.3, -0.25) is 9.59 Å². The van der Waals surface area contributed by atoms with E-state index in [1.165, 1.54) is 6.08 Å². The second-order valence-electron chi connectivity index (χ2n) is 9.08. The normalized spacial score (nSPS) is 16.4. The molecule has 1 atom stereocenters. The van der Waals surface area contributed by atoms with Gasteiger partial charge < -0.3 is 25.2 Å². The number of amides is 1. The minimum absolute atomic E-state index is 0.0323. The van der Waals surface area contributed by atoms with Crippen LogP contribution in [0.5, 0.6) is 0 Å². The Morgan fingerprint density at radius 3 is 2.42 bits per heavy atom. The van der Waals surface area contributed by atoms with Crippen molar-refractivity contribution < 1.29 is 29.0 Å². The first-order valence-corrected chi connectivity index (χ1v) is 10.8. The number of rotatable bonds is 9. The molecule has 0 aromatic heterocycles. The third kappa shape index (κ3) is 6.32. The molecule has 0 saturated carbocycles. The van der Waals surface area contributed by atoms with Crippen molar-refractivity contribution in [2.75, 3.05) is 6.54 Å². The number of ether oxygens (including phenoxy) is 2. The van der Waals surface area contributed by atoms with Crippen molar-refractivity contribution in [2.45, 2.75) is 58.5 Å². The van der Waals surface area contributed by atoms with Crippen LogP contribution in [0.2, 0.25) is 0 Å². The second kappa shape index (κ2) is 10.0. The first-order chi connectivity index (χ1) is 15.6. The molecule has 3 N–H and O–H groups in total. The Labute approximate surface area is 193 Å². The number of esters is 1. The number of primary amides is 1. The van der Waals surface area contributed by atoms with Crippen molar-refractivity contribution >= 4 is 17.7 Å². The van der Waals surface area contributed by atoms with E-state index in [1.54, 1.807) is 50.1 Å². The Morgan fingerprint density at radius 2 is 1.82 bits per heavy atom. The number of nitrogens with two attached hydrogens (primary N) is 1. The molecule has 33 heavy (non-hydrogen) atoms. The molecule has 1 unspecified atom stereocenters. The monoisotopic (exact) mass is 454 g/mol. The summed E-state index contributed by atoms with van der Waals surface area (Å²) in [6, 6.07) is 6.54. The van der Waals surface area contributed by atoms with E-state index in [2.05, 4.69) is 0 Å². The third-order valence-electron chi connectivity index (χ3n) is 5.24. The molecule has 2 aliphatic rings. The van der Waals surface area contributed by atoms with Gasteiger partial charge in [0, 0.05) is 24.7 Å². The first kappa shape index (κ1) is 24.3. The number of benzene rings is 1. The van der Waals surface area contributed by atoms with E-state index in [-0.39, 0.29) is 44.1 Å². The van der Waals surface area contributed by atoms with Gasteiger partial charge in [-0.25, -0.2) is 4.79 Å². The molecule has 0 radical (unpaired) electrons. The molecule has 8 heteroatoms. The van der Waals surface area contributed by atoms with Crippen molar-refractivity contribution in [2.24, 2.45) is 5.73 Å². The molecule has 1 aliphatic heterocycles. The van der Waals surface area contributed by atoms with E-state index >= 15 is 0 Å². The molecule has 1 aromatic carbocycles. The smallest absolute Gasteiger partial charge is 0.329 e. The summed E-state index contributed by atoms with van der Waals surface area (Å²) in [5.74, 6) is -0.975. The topological polar surface area (TPSA) is 119 Å². The molecule has 1 amide bonds. The van der Waals surface area contributed by atoms with E-state index in [1.807, 2.05) is 12.1 Å². The second-order valence-corrected chi connectivity index (χ2v) is 9.08. The fourth-order valence-corrected chi connectivity index (χ4v) is 3.64. The van der Waals surface area contributed by atoms with Crippen molar-refractivity contribution in [3.8, 4) is 0 Å². The Bertz CT molecular complexity index is 1010. The molecule has 0 bridgehead atoms. The van der Waals surface area contributed by atoms with E-state index in [9.17, 15) is 19.5 Å². The van der Waals surface area contributed by atoms with Gasteiger partial charge in [-0.2, -0.15) is 0 Å². The average molecular weight is 455 g/mol. The van der Waals surface area contributed by atoms with Crippen LogP contribution < -0.4 is 5.73 Å². The lowest BCUT2D eigenvalue weighted by molar-refractivity contribution is -0.160. The summed E-state index contributed by atoms with van der Waals surface area (Å²) in [6.45, 7) is 5.75. The van der Waals surface area contributed by atoms with Crippen LogP contribution in [0.4, 0.5) is 0 Å². The van der Waals surface area contributed by atoms with Crippen LogP contribution in [0.3, 0.4) is 0 Å². The zero-order valence-electron chi connectivity index (χ0n) is 19.2. The Hall–Kier alpha value is -3.39. The summed E-state index contributed by atoms with van der Waals surface area (Å²) in [5.41, 5.74) is 7.73. The largest absolute Gasteiger partial charge is 0.484 e. The van der Waals surface area contributed by atoms with Gasteiger partial charge >= 0.3 is 5.97 Å². The number of ketones is 1. The van der Waals surface area contributed by atoms with Gasteiger partial charge in [0.25, 0.3) is 0 Å². The summed E-state index contributed by atoms with van der Waals surface area (Å²) < 4.78 is 11.5.